The molecule has 4 nitrogen and oxygen atoms in total. The SMILES string of the molecule is Nc1cccc2c1C(=O)N(Cc1ccccn1)CC2. The number of nitrogens with zero attached hydrogens (tertiary/aromatic N) is 2. The van der Waals surface area contributed by atoms with Crippen LogP contribution in [0.5, 0.6) is 0 Å². The molecule has 1 aliphatic heterocycles. The molecular weight excluding hydrogens is 238 g/mol. The first-order valence-electron chi connectivity index (χ1n) is 6.32. The van der Waals surface area contributed by atoms with Gasteiger partial charge in [0.1, 0.15) is 0 Å². The first kappa shape index (κ1) is 11.7. The Labute approximate surface area is 111 Å². The van der Waals surface area contributed by atoms with E-state index in [4.69, 9.17) is 5.73 Å². The van der Waals surface area contributed by atoms with Gasteiger partial charge < -0.3 is 10.6 Å². The van der Waals surface area contributed by atoms with Crippen LogP contribution in [0.15, 0.2) is 42.6 Å². The molecule has 0 bridgehead atoms. The molecule has 0 saturated heterocycles. The second kappa shape index (κ2) is 4.72. The lowest BCUT2D eigenvalue weighted by Gasteiger charge is -2.29. The van der Waals surface area contributed by atoms with Crippen molar-refractivity contribution in [1.29, 1.82) is 0 Å². The van der Waals surface area contributed by atoms with Gasteiger partial charge in [0.25, 0.3) is 5.91 Å². The minimum atomic E-state index is 0.00463. The number of carbonyl (C=O) groups excluding carboxylic acids is 1. The molecule has 19 heavy (non-hydrogen) atoms. The Balaban J connectivity index is 1.88. The summed E-state index contributed by atoms with van der Waals surface area (Å²) >= 11 is 0. The zero-order valence-electron chi connectivity index (χ0n) is 10.5. The van der Waals surface area contributed by atoms with E-state index in [1.54, 1.807) is 17.2 Å². The van der Waals surface area contributed by atoms with Crippen LogP contribution in [0, 0.1) is 0 Å². The van der Waals surface area contributed by atoms with E-state index in [0.29, 0.717) is 24.3 Å². The smallest absolute Gasteiger partial charge is 0.256 e. The number of amides is 1. The molecule has 2 N–H and O–H groups in total. The number of hydrogen-bond acceptors (Lipinski definition) is 3. The maximum absolute atomic E-state index is 12.5. The molecule has 1 aromatic heterocycles. The van der Waals surface area contributed by atoms with Crippen molar-refractivity contribution < 1.29 is 4.79 Å². The van der Waals surface area contributed by atoms with E-state index >= 15 is 0 Å². The van der Waals surface area contributed by atoms with E-state index in [-0.39, 0.29) is 5.91 Å². The van der Waals surface area contributed by atoms with E-state index < -0.39 is 0 Å². The van der Waals surface area contributed by atoms with Crippen molar-refractivity contribution in [3.05, 3.63) is 59.4 Å². The summed E-state index contributed by atoms with van der Waals surface area (Å²) in [5, 5.41) is 0. The highest BCUT2D eigenvalue weighted by molar-refractivity contribution is 6.01. The Morgan fingerprint density at radius 2 is 2.11 bits per heavy atom. The van der Waals surface area contributed by atoms with Crippen molar-refractivity contribution >= 4 is 11.6 Å². The molecule has 4 heteroatoms. The van der Waals surface area contributed by atoms with Crippen LogP contribution in [-0.2, 0) is 13.0 Å². The van der Waals surface area contributed by atoms with Gasteiger partial charge in [-0.25, -0.2) is 0 Å². The van der Waals surface area contributed by atoms with Gasteiger partial charge in [-0.15, -0.1) is 0 Å². The van der Waals surface area contributed by atoms with Gasteiger partial charge in [0.05, 0.1) is 17.8 Å². The normalized spacial score (nSPS) is 14.3. The summed E-state index contributed by atoms with van der Waals surface area (Å²) in [6, 6.07) is 11.4. The number of nitrogen functional groups attached to an aromatic ring is 1. The largest absolute Gasteiger partial charge is 0.398 e. The predicted molar refractivity (Wildman–Crippen MR) is 73.5 cm³/mol. The number of benzene rings is 1. The molecule has 0 spiro atoms. The van der Waals surface area contributed by atoms with Crippen molar-refractivity contribution in [2.45, 2.75) is 13.0 Å². The zero-order valence-corrected chi connectivity index (χ0v) is 10.5. The molecule has 0 radical (unpaired) electrons. The van der Waals surface area contributed by atoms with Gasteiger partial charge in [-0.2, -0.15) is 0 Å². The molecule has 0 aliphatic carbocycles. The highest BCUT2D eigenvalue weighted by atomic mass is 16.2. The standard InChI is InChI=1S/C15H15N3O/c16-13-6-3-4-11-7-9-18(15(19)14(11)13)10-12-5-1-2-8-17-12/h1-6,8H,7,9-10,16H2. The first-order chi connectivity index (χ1) is 9.25. The van der Waals surface area contributed by atoms with Crippen molar-refractivity contribution in [2.75, 3.05) is 12.3 Å². The zero-order chi connectivity index (χ0) is 13.2. The number of pyridine rings is 1. The van der Waals surface area contributed by atoms with E-state index in [1.165, 1.54) is 0 Å². The summed E-state index contributed by atoms with van der Waals surface area (Å²) in [4.78, 5) is 18.5. The molecule has 1 amide bonds. The minimum Gasteiger partial charge on any atom is -0.398 e. The Bertz CT molecular complexity index is 610. The summed E-state index contributed by atoms with van der Waals surface area (Å²) in [6.07, 6.45) is 2.59. The molecule has 0 atom stereocenters. The van der Waals surface area contributed by atoms with Crippen molar-refractivity contribution in [3.63, 3.8) is 0 Å². The fourth-order valence-electron chi connectivity index (χ4n) is 2.44. The van der Waals surface area contributed by atoms with Crippen LogP contribution in [0.25, 0.3) is 0 Å². The molecule has 0 fully saturated rings. The summed E-state index contributed by atoms with van der Waals surface area (Å²) < 4.78 is 0. The van der Waals surface area contributed by atoms with Crippen LogP contribution in [0.3, 0.4) is 0 Å². The predicted octanol–water partition coefficient (Wildman–Crippen LogP) is 1.86. The van der Waals surface area contributed by atoms with Gasteiger partial charge in [-0.3, -0.25) is 9.78 Å². The van der Waals surface area contributed by atoms with Crippen molar-refractivity contribution in [1.82, 2.24) is 9.88 Å². The number of carbonyl (C=O) groups is 1. The van der Waals surface area contributed by atoms with Gasteiger partial charge in [-0.1, -0.05) is 18.2 Å². The van der Waals surface area contributed by atoms with Crippen molar-refractivity contribution in [3.8, 4) is 0 Å². The average Bonchev–Trinajstić information content (AvgIpc) is 2.43. The van der Waals surface area contributed by atoms with Gasteiger partial charge in [0, 0.05) is 18.4 Å². The number of hydrogen-bond donors (Lipinski definition) is 1. The Hall–Kier alpha value is -2.36. The molecule has 2 heterocycles. The summed E-state index contributed by atoms with van der Waals surface area (Å²) in [5.74, 6) is 0.00463. The van der Waals surface area contributed by atoms with E-state index in [2.05, 4.69) is 4.98 Å². The quantitative estimate of drug-likeness (QED) is 0.831. The van der Waals surface area contributed by atoms with Gasteiger partial charge in [0.2, 0.25) is 0 Å². The average molecular weight is 253 g/mol. The van der Waals surface area contributed by atoms with E-state index in [1.807, 2.05) is 30.3 Å². The summed E-state index contributed by atoms with van der Waals surface area (Å²) in [6.45, 7) is 1.25. The minimum absolute atomic E-state index is 0.00463. The lowest BCUT2D eigenvalue weighted by Crippen LogP contribution is -2.37. The Morgan fingerprint density at radius 1 is 1.21 bits per heavy atom. The van der Waals surface area contributed by atoms with Crippen LogP contribution in [-0.4, -0.2) is 22.3 Å². The number of fused-ring (bicyclic) bond motifs is 1. The Kier molecular flexibility index (Phi) is 2.91. The van der Waals surface area contributed by atoms with Crippen LogP contribution in [0.4, 0.5) is 5.69 Å². The molecule has 3 rings (SSSR count). The maximum atomic E-state index is 12.5. The van der Waals surface area contributed by atoms with E-state index in [9.17, 15) is 4.79 Å². The Morgan fingerprint density at radius 3 is 2.89 bits per heavy atom. The van der Waals surface area contributed by atoms with Gasteiger partial charge >= 0.3 is 0 Å². The topological polar surface area (TPSA) is 59.2 Å². The van der Waals surface area contributed by atoms with Crippen LogP contribution in [0.1, 0.15) is 21.6 Å². The number of anilines is 1. The van der Waals surface area contributed by atoms with Crippen LogP contribution >= 0.6 is 0 Å². The molecular formula is C15H15N3O. The number of nitrogens with two attached hydrogens (primary N) is 1. The molecule has 2 aromatic rings. The third-order valence-corrected chi connectivity index (χ3v) is 3.41. The molecule has 0 unspecified atom stereocenters. The molecule has 96 valence electrons. The lowest BCUT2D eigenvalue weighted by atomic mass is 9.97. The molecule has 0 saturated carbocycles. The fraction of sp³-hybridized carbons (Fsp3) is 0.200. The molecule has 1 aromatic carbocycles. The van der Waals surface area contributed by atoms with Crippen LogP contribution < -0.4 is 5.73 Å². The second-order valence-electron chi connectivity index (χ2n) is 4.68. The summed E-state index contributed by atoms with van der Waals surface area (Å²) in [5.41, 5.74) is 9.09. The third-order valence-electron chi connectivity index (χ3n) is 3.41. The van der Waals surface area contributed by atoms with E-state index in [0.717, 1.165) is 17.7 Å². The highest BCUT2D eigenvalue weighted by Crippen LogP contribution is 2.24. The van der Waals surface area contributed by atoms with Gasteiger partial charge in [0.15, 0.2) is 0 Å². The van der Waals surface area contributed by atoms with Crippen molar-refractivity contribution in [2.24, 2.45) is 0 Å². The monoisotopic (exact) mass is 253 g/mol. The van der Waals surface area contributed by atoms with Crippen LogP contribution in [0.2, 0.25) is 0 Å². The summed E-state index contributed by atoms with van der Waals surface area (Å²) in [7, 11) is 0. The molecule has 1 aliphatic rings. The van der Waals surface area contributed by atoms with Gasteiger partial charge in [-0.05, 0) is 30.2 Å². The maximum Gasteiger partial charge on any atom is 0.256 e. The second-order valence-corrected chi connectivity index (χ2v) is 4.68. The third kappa shape index (κ3) is 2.17. The lowest BCUT2D eigenvalue weighted by molar-refractivity contribution is 0.0726. The highest BCUT2D eigenvalue weighted by Gasteiger charge is 2.26. The number of rotatable bonds is 2. The first-order valence-corrected chi connectivity index (χ1v) is 6.32. The number of aromatic nitrogens is 1. The fourth-order valence-corrected chi connectivity index (χ4v) is 2.44.